The maximum atomic E-state index is 12.4. The summed E-state index contributed by atoms with van der Waals surface area (Å²) in [7, 11) is -3.42. The molecule has 0 unspecified atom stereocenters. The van der Waals surface area contributed by atoms with Crippen LogP contribution < -0.4 is 0 Å². The van der Waals surface area contributed by atoms with Gasteiger partial charge in [-0.05, 0) is 39.5 Å². The molecule has 3 aromatic rings. The van der Waals surface area contributed by atoms with Gasteiger partial charge >= 0.3 is 0 Å². The van der Waals surface area contributed by atoms with Crippen molar-refractivity contribution in [3.63, 3.8) is 0 Å². The average molecular weight is 432 g/mol. The first-order chi connectivity index (χ1) is 11.0. The fraction of sp³-hybridized carbons (Fsp3) is 0.231. The smallest absolute Gasteiger partial charge is 0.252 e. The second-order valence-corrected chi connectivity index (χ2v) is 10.6. The van der Waals surface area contributed by atoms with Crippen LogP contribution in [-0.4, -0.2) is 36.0 Å². The van der Waals surface area contributed by atoms with Gasteiger partial charge in [0, 0.05) is 13.1 Å². The van der Waals surface area contributed by atoms with E-state index in [1.54, 1.807) is 12.1 Å². The van der Waals surface area contributed by atoms with Gasteiger partial charge in [0.15, 0.2) is 0 Å². The van der Waals surface area contributed by atoms with Crippen molar-refractivity contribution in [1.29, 1.82) is 0 Å². The predicted molar refractivity (Wildman–Crippen MR) is 91.1 cm³/mol. The van der Waals surface area contributed by atoms with Crippen molar-refractivity contribution in [1.82, 2.24) is 14.4 Å². The van der Waals surface area contributed by atoms with Crippen LogP contribution in [-0.2, 0) is 10.0 Å². The van der Waals surface area contributed by atoms with Crippen LogP contribution >= 0.6 is 38.6 Å². The highest BCUT2D eigenvalue weighted by Crippen LogP contribution is 2.35. The summed E-state index contributed by atoms with van der Waals surface area (Å²) >= 11 is 6.03. The van der Waals surface area contributed by atoms with E-state index in [1.165, 1.54) is 27.0 Å². The third kappa shape index (κ3) is 2.78. The maximum Gasteiger partial charge on any atom is 0.252 e. The molecule has 0 atom stereocenters. The van der Waals surface area contributed by atoms with Crippen molar-refractivity contribution < 1.29 is 12.9 Å². The van der Waals surface area contributed by atoms with E-state index in [1.807, 2.05) is 17.5 Å². The molecule has 0 aliphatic carbocycles. The van der Waals surface area contributed by atoms with Crippen LogP contribution in [0.1, 0.15) is 11.8 Å². The van der Waals surface area contributed by atoms with Gasteiger partial charge in [0.05, 0.1) is 14.6 Å². The molecule has 0 radical (unpaired) electrons. The molecule has 1 aliphatic rings. The Bertz CT molecular complexity index is 927. The molecular weight excluding hydrogens is 422 g/mol. The SMILES string of the molecule is O=S(=O)(c1ccc(Br)s1)N1CC(c2nc(-c3cccs3)no2)C1. The lowest BCUT2D eigenvalue weighted by Crippen LogP contribution is -2.48. The van der Waals surface area contributed by atoms with Gasteiger partial charge in [-0.2, -0.15) is 9.29 Å². The molecule has 10 heteroatoms. The second kappa shape index (κ2) is 5.78. The molecular formula is C13H10BrN3O3S3. The Kier molecular flexibility index (Phi) is 3.88. The lowest BCUT2D eigenvalue weighted by Gasteiger charge is -2.35. The molecule has 0 saturated carbocycles. The van der Waals surface area contributed by atoms with Gasteiger partial charge in [0.1, 0.15) is 4.21 Å². The molecule has 3 aromatic heterocycles. The number of thiophene rings is 2. The van der Waals surface area contributed by atoms with Crippen molar-refractivity contribution >= 4 is 48.6 Å². The Morgan fingerprint density at radius 1 is 1.30 bits per heavy atom. The molecule has 0 spiro atoms. The molecule has 4 rings (SSSR count). The van der Waals surface area contributed by atoms with E-state index in [-0.39, 0.29) is 5.92 Å². The Balaban J connectivity index is 1.47. The van der Waals surface area contributed by atoms with Crippen LogP contribution in [0.15, 0.2) is 42.2 Å². The minimum Gasteiger partial charge on any atom is -0.339 e. The molecule has 4 heterocycles. The fourth-order valence-electron chi connectivity index (χ4n) is 2.26. The fourth-order valence-corrected chi connectivity index (χ4v) is 6.61. The predicted octanol–water partition coefficient (Wildman–Crippen LogP) is 3.41. The molecule has 0 bridgehead atoms. The van der Waals surface area contributed by atoms with Crippen LogP contribution in [0.2, 0.25) is 0 Å². The molecule has 0 aromatic carbocycles. The molecule has 23 heavy (non-hydrogen) atoms. The van der Waals surface area contributed by atoms with E-state index in [2.05, 4.69) is 26.1 Å². The molecule has 1 aliphatic heterocycles. The summed E-state index contributed by atoms with van der Waals surface area (Å²) in [6, 6.07) is 7.19. The third-order valence-electron chi connectivity index (χ3n) is 3.52. The zero-order valence-electron chi connectivity index (χ0n) is 11.5. The Hall–Kier alpha value is -1.07. The third-order valence-corrected chi connectivity index (χ3v) is 8.31. The standard InChI is InChI=1S/C13H10BrN3O3S3/c14-10-3-4-11(22-10)23(18,19)17-6-8(7-17)13-15-12(16-20-13)9-2-1-5-21-9/h1-5,8H,6-7H2. The first kappa shape index (κ1) is 15.5. The van der Waals surface area contributed by atoms with Crippen LogP contribution in [0.5, 0.6) is 0 Å². The van der Waals surface area contributed by atoms with Crippen LogP contribution in [0.3, 0.4) is 0 Å². The van der Waals surface area contributed by atoms with Gasteiger partial charge in [0.2, 0.25) is 11.7 Å². The Morgan fingerprint density at radius 2 is 2.13 bits per heavy atom. The maximum absolute atomic E-state index is 12.4. The summed E-state index contributed by atoms with van der Waals surface area (Å²) in [5, 5.41) is 5.91. The van der Waals surface area contributed by atoms with Crippen molar-refractivity contribution in [2.24, 2.45) is 0 Å². The minimum absolute atomic E-state index is 0.0469. The quantitative estimate of drug-likeness (QED) is 0.632. The van der Waals surface area contributed by atoms with Crippen molar-refractivity contribution in [2.75, 3.05) is 13.1 Å². The number of nitrogens with zero attached hydrogens (tertiary/aromatic N) is 3. The summed E-state index contributed by atoms with van der Waals surface area (Å²) in [5.41, 5.74) is 0. The molecule has 0 N–H and O–H groups in total. The number of aromatic nitrogens is 2. The summed E-state index contributed by atoms with van der Waals surface area (Å²) in [5.74, 6) is 1.00. The van der Waals surface area contributed by atoms with Gasteiger partial charge in [-0.25, -0.2) is 8.42 Å². The number of hydrogen-bond donors (Lipinski definition) is 0. The Labute approximate surface area is 148 Å². The summed E-state index contributed by atoms with van der Waals surface area (Å²) in [6.45, 7) is 0.730. The van der Waals surface area contributed by atoms with Gasteiger partial charge < -0.3 is 4.52 Å². The van der Waals surface area contributed by atoms with E-state index in [0.717, 1.165) is 8.66 Å². The Morgan fingerprint density at radius 3 is 2.78 bits per heavy atom. The number of rotatable bonds is 4. The average Bonchev–Trinajstić information content (AvgIpc) is 3.16. The van der Waals surface area contributed by atoms with Gasteiger partial charge in [-0.1, -0.05) is 11.2 Å². The minimum atomic E-state index is -3.42. The monoisotopic (exact) mass is 431 g/mol. The van der Waals surface area contributed by atoms with Crippen molar-refractivity contribution in [3.8, 4) is 10.7 Å². The van der Waals surface area contributed by atoms with E-state index >= 15 is 0 Å². The molecule has 1 fully saturated rings. The van der Waals surface area contributed by atoms with Crippen LogP contribution in [0.25, 0.3) is 10.7 Å². The van der Waals surface area contributed by atoms with E-state index in [9.17, 15) is 8.42 Å². The zero-order valence-corrected chi connectivity index (χ0v) is 15.6. The van der Waals surface area contributed by atoms with Gasteiger partial charge in [-0.15, -0.1) is 22.7 Å². The largest absolute Gasteiger partial charge is 0.339 e. The highest BCUT2D eigenvalue weighted by Gasteiger charge is 2.41. The lowest BCUT2D eigenvalue weighted by atomic mass is 10.0. The van der Waals surface area contributed by atoms with E-state index in [4.69, 9.17) is 4.52 Å². The summed E-state index contributed by atoms with van der Waals surface area (Å²) < 4.78 is 32.7. The van der Waals surface area contributed by atoms with E-state index < -0.39 is 10.0 Å². The molecule has 0 amide bonds. The van der Waals surface area contributed by atoms with Crippen LogP contribution in [0, 0.1) is 0 Å². The lowest BCUT2D eigenvalue weighted by molar-refractivity contribution is 0.217. The summed E-state index contributed by atoms with van der Waals surface area (Å²) in [6.07, 6.45) is 0. The zero-order chi connectivity index (χ0) is 16.0. The highest BCUT2D eigenvalue weighted by atomic mass is 79.9. The topological polar surface area (TPSA) is 76.3 Å². The summed E-state index contributed by atoms with van der Waals surface area (Å²) in [4.78, 5) is 5.31. The molecule has 1 saturated heterocycles. The van der Waals surface area contributed by atoms with Gasteiger partial charge in [-0.3, -0.25) is 0 Å². The van der Waals surface area contributed by atoms with Gasteiger partial charge in [0.25, 0.3) is 10.0 Å². The second-order valence-electron chi connectivity index (χ2n) is 5.01. The van der Waals surface area contributed by atoms with Crippen LogP contribution in [0.4, 0.5) is 0 Å². The first-order valence-electron chi connectivity index (χ1n) is 6.67. The first-order valence-corrected chi connectivity index (χ1v) is 10.6. The number of halogens is 1. The van der Waals surface area contributed by atoms with Crippen molar-refractivity contribution in [3.05, 3.63) is 39.3 Å². The normalized spacial score (nSPS) is 16.6. The highest BCUT2D eigenvalue weighted by molar-refractivity contribution is 9.11. The van der Waals surface area contributed by atoms with E-state index in [0.29, 0.717) is 29.0 Å². The molecule has 6 nitrogen and oxygen atoms in total. The number of hydrogen-bond acceptors (Lipinski definition) is 7. The molecule has 120 valence electrons. The number of sulfonamides is 1. The van der Waals surface area contributed by atoms with Crippen molar-refractivity contribution in [2.45, 2.75) is 10.1 Å².